The molecule has 6 nitrogen and oxygen atoms in total. The summed E-state index contributed by atoms with van der Waals surface area (Å²) in [7, 11) is 3.16. The van der Waals surface area contributed by atoms with Crippen molar-refractivity contribution in [3.05, 3.63) is 89.5 Å². The summed E-state index contributed by atoms with van der Waals surface area (Å²) in [5.74, 6) is 0.954. The van der Waals surface area contributed by atoms with Crippen LogP contribution in [0.3, 0.4) is 0 Å². The van der Waals surface area contributed by atoms with Crippen molar-refractivity contribution < 1.29 is 14.3 Å². The topological polar surface area (TPSA) is 84.2 Å². The number of aromatic nitrogens is 1. The van der Waals surface area contributed by atoms with Gasteiger partial charge >= 0.3 is 0 Å². The van der Waals surface area contributed by atoms with Gasteiger partial charge in [0.2, 0.25) is 5.91 Å². The second-order valence-corrected chi connectivity index (χ2v) is 10.2. The lowest BCUT2D eigenvalue weighted by atomic mass is 9.98. The second-order valence-electron chi connectivity index (χ2n) is 9.01. The van der Waals surface area contributed by atoms with Gasteiger partial charge in [-0.2, -0.15) is 5.26 Å². The fraction of sp³-hybridized carbons (Fsp3) is 0.219. The number of hydrogen-bond donors (Lipinski definition) is 1. The average molecular weight is 538 g/mol. The van der Waals surface area contributed by atoms with Gasteiger partial charge in [0, 0.05) is 22.4 Å². The van der Waals surface area contributed by atoms with Crippen LogP contribution in [-0.2, 0) is 4.79 Å². The molecule has 3 aromatic carbocycles. The zero-order valence-corrected chi connectivity index (χ0v) is 23.6. The number of ether oxygens (including phenoxy) is 2. The van der Waals surface area contributed by atoms with E-state index < -0.39 is 5.25 Å². The Morgan fingerprint density at radius 1 is 1.00 bits per heavy atom. The van der Waals surface area contributed by atoms with E-state index in [1.54, 1.807) is 14.2 Å². The Balaban J connectivity index is 1.83. The van der Waals surface area contributed by atoms with Crippen LogP contribution in [0.2, 0.25) is 0 Å². The zero-order valence-electron chi connectivity index (χ0n) is 22.7. The molecule has 1 aromatic heterocycles. The predicted molar refractivity (Wildman–Crippen MR) is 157 cm³/mol. The van der Waals surface area contributed by atoms with Crippen molar-refractivity contribution in [1.82, 2.24) is 4.98 Å². The number of para-hydroxylation sites is 1. The molecule has 4 rings (SSSR count). The molecule has 0 fully saturated rings. The lowest BCUT2D eigenvalue weighted by molar-refractivity contribution is -0.115. The molecule has 0 aliphatic rings. The summed E-state index contributed by atoms with van der Waals surface area (Å²) in [4.78, 5) is 18.3. The number of rotatable bonds is 9. The first-order valence-corrected chi connectivity index (χ1v) is 13.5. The Labute approximate surface area is 234 Å². The molecule has 0 saturated carbocycles. The van der Waals surface area contributed by atoms with E-state index in [-0.39, 0.29) is 5.91 Å². The van der Waals surface area contributed by atoms with Gasteiger partial charge in [-0.1, -0.05) is 73.3 Å². The van der Waals surface area contributed by atoms with Crippen LogP contribution in [0.15, 0.2) is 77.8 Å². The van der Waals surface area contributed by atoms with Crippen LogP contribution in [0.5, 0.6) is 11.5 Å². The zero-order chi connectivity index (χ0) is 27.9. The molecule has 0 aliphatic heterocycles. The minimum Gasteiger partial charge on any atom is -0.493 e. The van der Waals surface area contributed by atoms with Crippen LogP contribution in [0.4, 0.5) is 5.69 Å². The molecule has 1 heterocycles. The van der Waals surface area contributed by atoms with Crippen molar-refractivity contribution >= 4 is 23.4 Å². The molecule has 198 valence electrons. The van der Waals surface area contributed by atoms with Gasteiger partial charge in [0.15, 0.2) is 11.5 Å². The standard InChI is InChI=1S/C32H31N3O3S/c1-6-29(31(36)34-26-16-10-12-20(2)21(26)3)39-32-25(19-33)24(18-27(35-32)22-13-8-7-9-14-22)23-15-11-17-28(37-4)30(23)38-5/h7-18,29H,6H2,1-5H3,(H,34,36). The monoisotopic (exact) mass is 537 g/mol. The molecule has 1 atom stereocenters. The van der Waals surface area contributed by atoms with Crippen LogP contribution in [0.1, 0.15) is 30.0 Å². The molecule has 0 radical (unpaired) electrons. The number of methoxy groups -OCH3 is 2. The molecular formula is C32H31N3O3S. The molecular weight excluding hydrogens is 506 g/mol. The average Bonchev–Trinajstić information content (AvgIpc) is 2.97. The van der Waals surface area contributed by atoms with Gasteiger partial charge < -0.3 is 14.8 Å². The van der Waals surface area contributed by atoms with E-state index in [2.05, 4.69) is 11.4 Å². The van der Waals surface area contributed by atoms with Crippen LogP contribution < -0.4 is 14.8 Å². The summed E-state index contributed by atoms with van der Waals surface area (Å²) < 4.78 is 11.2. The normalized spacial score (nSPS) is 11.4. The molecule has 0 aliphatic carbocycles. The van der Waals surface area contributed by atoms with Crippen molar-refractivity contribution in [1.29, 1.82) is 5.26 Å². The Morgan fingerprint density at radius 3 is 2.41 bits per heavy atom. The van der Waals surface area contributed by atoms with Gasteiger partial charge in [-0.15, -0.1) is 0 Å². The summed E-state index contributed by atoms with van der Waals surface area (Å²) >= 11 is 1.30. The van der Waals surface area contributed by atoms with Crippen molar-refractivity contribution in [2.24, 2.45) is 0 Å². The number of benzene rings is 3. The molecule has 1 amide bonds. The number of carbonyl (C=O) groups excluding carboxylic acids is 1. The van der Waals surface area contributed by atoms with Gasteiger partial charge in [-0.05, 0) is 49.6 Å². The number of anilines is 1. The van der Waals surface area contributed by atoms with E-state index in [0.717, 1.165) is 22.4 Å². The number of nitrogens with zero attached hydrogens (tertiary/aromatic N) is 2. The summed E-state index contributed by atoms with van der Waals surface area (Å²) in [6.45, 7) is 5.97. The highest BCUT2D eigenvalue weighted by Crippen LogP contribution is 2.43. The molecule has 1 unspecified atom stereocenters. The number of nitrogens with one attached hydrogen (secondary N) is 1. The van der Waals surface area contributed by atoms with E-state index in [1.165, 1.54) is 11.8 Å². The fourth-order valence-corrected chi connectivity index (χ4v) is 5.37. The van der Waals surface area contributed by atoms with Crippen LogP contribution in [-0.4, -0.2) is 30.4 Å². The summed E-state index contributed by atoms with van der Waals surface area (Å²) in [5.41, 5.74) is 6.27. The number of aryl methyl sites for hydroxylation is 1. The third-order valence-corrected chi connectivity index (χ3v) is 7.99. The van der Waals surface area contributed by atoms with Gasteiger partial charge in [-0.25, -0.2) is 4.98 Å². The molecule has 7 heteroatoms. The van der Waals surface area contributed by atoms with Crippen LogP contribution in [0.25, 0.3) is 22.4 Å². The molecule has 39 heavy (non-hydrogen) atoms. The van der Waals surface area contributed by atoms with Gasteiger partial charge in [0.05, 0.1) is 30.7 Å². The highest BCUT2D eigenvalue weighted by Gasteiger charge is 2.25. The first kappa shape index (κ1) is 27.7. The van der Waals surface area contributed by atoms with Crippen LogP contribution in [0, 0.1) is 25.2 Å². The largest absolute Gasteiger partial charge is 0.493 e. The van der Waals surface area contributed by atoms with Crippen LogP contribution >= 0.6 is 11.8 Å². The van der Waals surface area contributed by atoms with Crippen molar-refractivity contribution in [2.75, 3.05) is 19.5 Å². The second kappa shape index (κ2) is 12.5. The molecule has 1 N–H and O–H groups in total. The Bertz CT molecular complexity index is 1530. The maximum atomic E-state index is 13.4. The summed E-state index contributed by atoms with van der Waals surface area (Å²) in [6, 6.07) is 25.4. The van der Waals surface area contributed by atoms with E-state index in [9.17, 15) is 10.1 Å². The molecule has 0 spiro atoms. The highest BCUT2D eigenvalue weighted by atomic mass is 32.2. The fourth-order valence-electron chi connectivity index (χ4n) is 4.34. The third kappa shape index (κ3) is 5.92. The summed E-state index contributed by atoms with van der Waals surface area (Å²) in [6.07, 6.45) is 0.557. The number of hydrogen-bond acceptors (Lipinski definition) is 6. The van der Waals surface area contributed by atoms with Crippen molar-refractivity contribution in [3.8, 4) is 40.0 Å². The number of thioether (sulfide) groups is 1. The van der Waals surface area contributed by atoms with E-state index in [4.69, 9.17) is 14.5 Å². The van der Waals surface area contributed by atoms with E-state index in [1.807, 2.05) is 93.6 Å². The van der Waals surface area contributed by atoms with Gasteiger partial charge in [-0.3, -0.25) is 4.79 Å². The van der Waals surface area contributed by atoms with E-state index >= 15 is 0 Å². The minimum atomic E-state index is -0.462. The number of amides is 1. The first-order chi connectivity index (χ1) is 18.9. The highest BCUT2D eigenvalue weighted by molar-refractivity contribution is 8.00. The predicted octanol–water partition coefficient (Wildman–Crippen LogP) is 7.43. The molecule has 0 saturated heterocycles. The Morgan fingerprint density at radius 2 is 1.74 bits per heavy atom. The van der Waals surface area contributed by atoms with E-state index in [0.29, 0.717) is 45.3 Å². The third-order valence-electron chi connectivity index (χ3n) is 6.64. The number of nitriles is 1. The number of pyridine rings is 1. The summed E-state index contributed by atoms with van der Waals surface area (Å²) in [5, 5.41) is 13.5. The minimum absolute atomic E-state index is 0.132. The lowest BCUT2D eigenvalue weighted by Gasteiger charge is -2.19. The Hall–Kier alpha value is -4.28. The SMILES string of the molecule is CCC(Sc1nc(-c2ccccc2)cc(-c2cccc(OC)c2OC)c1C#N)C(=O)Nc1cccc(C)c1C. The number of carbonyl (C=O) groups is 1. The van der Waals surface area contributed by atoms with Gasteiger partial charge in [0.1, 0.15) is 11.1 Å². The maximum Gasteiger partial charge on any atom is 0.237 e. The Kier molecular flexibility index (Phi) is 8.90. The lowest BCUT2D eigenvalue weighted by Crippen LogP contribution is -2.25. The maximum absolute atomic E-state index is 13.4. The quantitative estimate of drug-likeness (QED) is 0.224. The smallest absolute Gasteiger partial charge is 0.237 e. The van der Waals surface area contributed by atoms with Crippen molar-refractivity contribution in [3.63, 3.8) is 0 Å². The first-order valence-electron chi connectivity index (χ1n) is 12.7. The molecule has 4 aromatic rings. The molecule has 0 bridgehead atoms. The van der Waals surface area contributed by atoms with Gasteiger partial charge in [0.25, 0.3) is 0 Å². The van der Waals surface area contributed by atoms with Crippen molar-refractivity contribution in [2.45, 2.75) is 37.5 Å².